The molecule has 7 heteroatoms. The molecule has 2 aromatic rings. The second-order valence-corrected chi connectivity index (χ2v) is 7.99. The quantitative estimate of drug-likeness (QED) is 0.886. The molecule has 1 aliphatic carbocycles. The third-order valence-corrected chi connectivity index (χ3v) is 6.18. The van der Waals surface area contributed by atoms with Crippen LogP contribution in [0.5, 0.6) is 5.88 Å². The Morgan fingerprint density at radius 3 is 2.88 bits per heavy atom. The fourth-order valence-electron chi connectivity index (χ4n) is 3.64. The van der Waals surface area contributed by atoms with Crippen LogP contribution in [-0.4, -0.2) is 46.1 Å². The second kappa shape index (κ2) is 7.66. The lowest BCUT2D eigenvalue weighted by atomic mass is 10.0. The summed E-state index contributed by atoms with van der Waals surface area (Å²) in [6.45, 7) is 3.21. The predicted octanol–water partition coefficient (Wildman–Crippen LogP) is 2.90. The Morgan fingerprint density at radius 2 is 2.08 bits per heavy atom. The van der Waals surface area contributed by atoms with E-state index >= 15 is 0 Å². The van der Waals surface area contributed by atoms with Crippen LogP contribution in [0.3, 0.4) is 0 Å². The highest BCUT2D eigenvalue weighted by atomic mass is 32.1. The first-order valence-corrected chi connectivity index (χ1v) is 9.94. The van der Waals surface area contributed by atoms with Crippen LogP contribution >= 0.6 is 11.3 Å². The van der Waals surface area contributed by atoms with Gasteiger partial charge in [-0.2, -0.15) is 0 Å². The first kappa shape index (κ1) is 16.7. The second-order valence-electron chi connectivity index (χ2n) is 6.82. The first-order valence-electron chi connectivity index (χ1n) is 9.12. The van der Waals surface area contributed by atoms with Gasteiger partial charge >= 0.3 is 0 Å². The number of thiazole rings is 1. The number of aryl methyl sites for hydroxylation is 2. The van der Waals surface area contributed by atoms with Crippen LogP contribution in [0, 0.1) is 0 Å². The van der Waals surface area contributed by atoms with Gasteiger partial charge < -0.3 is 10.1 Å². The minimum Gasteiger partial charge on any atom is -0.481 e. The number of fused-ring (bicyclic) bond motifs is 1. The molecule has 1 saturated heterocycles. The summed E-state index contributed by atoms with van der Waals surface area (Å²) in [6, 6.07) is 2.31. The number of ether oxygens (including phenoxy) is 1. The van der Waals surface area contributed by atoms with E-state index in [1.807, 2.05) is 17.4 Å². The van der Waals surface area contributed by atoms with Crippen molar-refractivity contribution in [2.24, 2.45) is 0 Å². The van der Waals surface area contributed by atoms with E-state index < -0.39 is 0 Å². The van der Waals surface area contributed by atoms with E-state index in [2.05, 4.69) is 20.2 Å². The Morgan fingerprint density at radius 1 is 1.24 bits per heavy atom. The molecule has 0 atom stereocenters. The fourth-order valence-corrected chi connectivity index (χ4v) is 4.84. The molecule has 25 heavy (non-hydrogen) atoms. The summed E-state index contributed by atoms with van der Waals surface area (Å²) in [5.41, 5.74) is 1.38. The van der Waals surface area contributed by atoms with Gasteiger partial charge in [-0.1, -0.05) is 0 Å². The summed E-state index contributed by atoms with van der Waals surface area (Å²) < 4.78 is 5.16. The fraction of sp³-hybridized carbons (Fsp3) is 0.611. The lowest BCUT2D eigenvalue weighted by Gasteiger charge is -2.32. The van der Waals surface area contributed by atoms with Crippen molar-refractivity contribution in [3.8, 4) is 5.88 Å². The van der Waals surface area contributed by atoms with Gasteiger partial charge in [-0.25, -0.2) is 15.0 Å². The van der Waals surface area contributed by atoms with Crippen LogP contribution in [0.4, 0.5) is 5.82 Å². The summed E-state index contributed by atoms with van der Waals surface area (Å²) in [5, 5.41) is 4.81. The molecule has 134 valence electrons. The van der Waals surface area contributed by atoms with E-state index in [4.69, 9.17) is 9.72 Å². The van der Waals surface area contributed by atoms with Crippen molar-refractivity contribution >= 4 is 17.2 Å². The lowest BCUT2D eigenvalue weighted by Crippen LogP contribution is -2.38. The first-order chi connectivity index (χ1) is 12.3. The number of hydrogen-bond acceptors (Lipinski definition) is 7. The van der Waals surface area contributed by atoms with Gasteiger partial charge in [0.25, 0.3) is 0 Å². The monoisotopic (exact) mass is 359 g/mol. The molecule has 6 nitrogen and oxygen atoms in total. The zero-order valence-corrected chi connectivity index (χ0v) is 15.5. The summed E-state index contributed by atoms with van der Waals surface area (Å²) in [5.74, 6) is 1.44. The Labute approximate surface area is 152 Å². The minimum atomic E-state index is 0.459. The van der Waals surface area contributed by atoms with Crippen molar-refractivity contribution in [1.82, 2.24) is 19.9 Å². The number of aromatic nitrogens is 3. The maximum absolute atomic E-state index is 5.16. The topological polar surface area (TPSA) is 63.2 Å². The predicted molar refractivity (Wildman–Crippen MR) is 99.3 cm³/mol. The number of nitrogens with zero attached hydrogens (tertiary/aromatic N) is 4. The molecule has 0 amide bonds. The summed E-state index contributed by atoms with van der Waals surface area (Å²) in [7, 11) is 1.63. The number of anilines is 1. The number of nitrogens with one attached hydrogen (secondary N) is 1. The van der Waals surface area contributed by atoms with Crippen LogP contribution in [0.25, 0.3) is 0 Å². The standard InChI is InChI=1S/C18H25N5OS/c1-24-17-10-16(19-12-20-17)21-13-6-8-23(9-7-13)11-18-22-14-4-2-3-5-15(14)25-18/h10,12-13H,2-9,11H2,1H3,(H,19,20,21). The van der Waals surface area contributed by atoms with Gasteiger partial charge in [0.15, 0.2) is 0 Å². The molecule has 0 bridgehead atoms. The van der Waals surface area contributed by atoms with Crippen LogP contribution < -0.4 is 10.1 Å². The maximum atomic E-state index is 5.16. The molecule has 2 aliphatic rings. The summed E-state index contributed by atoms with van der Waals surface area (Å²) in [6.07, 6.45) is 8.84. The molecule has 0 unspecified atom stereocenters. The average Bonchev–Trinajstić information content (AvgIpc) is 3.06. The smallest absolute Gasteiger partial charge is 0.218 e. The van der Waals surface area contributed by atoms with E-state index in [1.165, 1.54) is 41.3 Å². The summed E-state index contributed by atoms with van der Waals surface area (Å²) >= 11 is 1.94. The highest BCUT2D eigenvalue weighted by molar-refractivity contribution is 7.11. The third-order valence-electron chi connectivity index (χ3n) is 5.04. The Kier molecular flexibility index (Phi) is 5.12. The average molecular weight is 359 g/mol. The molecule has 0 radical (unpaired) electrons. The summed E-state index contributed by atoms with van der Waals surface area (Å²) in [4.78, 5) is 17.3. The molecular weight excluding hydrogens is 334 g/mol. The third kappa shape index (κ3) is 4.10. The van der Waals surface area contributed by atoms with Crippen molar-refractivity contribution in [2.75, 3.05) is 25.5 Å². The van der Waals surface area contributed by atoms with Gasteiger partial charge in [0, 0.05) is 30.1 Å². The minimum absolute atomic E-state index is 0.459. The molecule has 0 spiro atoms. The zero-order valence-electron chi connectivity index (χ0n) is 14.7. The normalized spacial score (nSPS) is 18.8. The van der Waals surface area contributed by atoms with Gasteiger partial charge in [-0.05, 0) is 38.5 Å². The van der Waals surface area contributed by atoms with Gasteiger partial charge in [-0.15, -0.1) is 11.3 Å². The Bertz CT molecular complexity index is 688. The molecule has 0 saturated carbocycles. The van der Waals surface area contributed by atoms with Crippen molar-refractivity contribution in [2.45, 2.75) is 51.1 Å². The molecule has 2 aromatic heterocycles. The van der Waals surface area contributed by atoms with Crippen molar-refractivity contribution < 1.29 is 4.74 Å². The van der Waals surface area contributed by atoms with E-state index in [9.17, 15) is 0 Å². The highest BCUT2D eigenvalue weighted by Gasteiger charge is 2.22. The maximum Gasteiger partial charge on any atom is 0.218 e. The number of methoxy groups -OCH3 is 1. The van der Waals surface area contributed by atoms with Crippen molar-refractivity contribution in [1.29, 1.82) is 0 Å². The zero-order chi connectivity index (χ0) is 17.1. The van der Waals surface area contributed by atoms with Crippen LogP contribution in [0.15, 0.2) is 12.4 Å². The van der Waals surface area contributed by atoms with E-state index in [1.54, 1.807) is 13.4 Å². The largest absolute Gasteiger partial charge is 0.481 e. The van der Waals surface area contributed by atoms with Crippen LogP contribution in [0.1, 0.15) is 41.3 Å². The van der Waals surface area contributed by atoms with Crippen molar-refractivity contribution in [3.05, 3.63) is 28.0 Å². The molecule has 4 rings (SSSR count). The number of hydrogen-bond donors (Lipinski definition) is 1. The molecule has 1 fully saturated rings. The van der Waals surface area contributed by atoms with Gasteiger partial charge in [-0.3, -0.25) is 4.90 Å². The number of rotatable bonds is 5. The molecule has 3 heterocycles. The van der Waals surface area contributed by atoms with E-state index in [0.29, 0.717) is 11.9 Å². The van der Waals surface area contributed by atoms with E-state index in [-0.39, 0.29) is 0 Å². The molecule has 1 aliphatic heterocycles. The number of piperidine rings is 1. The van der Waals surface area contributed by atoms with Gasteiger partial charge in [0.1, 0.15) is 17.2 Å². The molecule has 0 aromatic carbocycles. The van der Waals surface area contributed by atoms with Crippen molar-refractivity contribution in [3.63, 3.8) is 0 Å². The van der Waals surface area contributed by atoms with E-state index in [0.717, 1.165) is 38.3 Å². The SMILES string of the molecule is COc1cc(NC2CCN(Cc3nc4c(s3)CCCC4)CC2)ncn1. The van der Waals surface area contributed by atoms with Crippen LogP contribution in [-0.2, 0) is 19.4 Å². The number of likely N-dealkylation sites (tertiary alicyclic amines) is 1. The van der Waals surface area contributed by atoms with Crippen LogP contribution in [0.2, 0.25) is 0 Å². The molecular formula is C18H25N5OS. The van der Waals surface area contributed by atoms with Gasteiger partial charge in [0.2, 0.25) is 5.88 Å². The Hall–Kier alpha value is -1.73. The molecule has 1 N–H and O–H groups in total. The van der Waals surface area contributed by atoms with Gasteiger partial charge in [0.05, 0.1) is 19.3 Å². The lowest BCUT2D eigenvalue weighted by molar-refractivity contribution is 0.211. The highest BCUT2D eigenvalue weighted by Crippen LogP contribution is 2.28. The Balaban J connectivity index is 1.28.